The summed E-state index contributed by atoms with van der Waals surface area (Å²) in [5, 5.41) is 15.3. The van der Waals surface area contributed by atoms with Gasteiger partial charge in [-0.25, -0.2) is 4.98 Å². The van der Waals surface area contributed by atoms with Crippen molar-refractivity contribution in [3.63, 3.8) is 0 Å². The van der Waals surface area contributed by atoms with Crippen LogP contribution in [-0.2, 0) is 9.53 Å². The number of amides is 1. The smallest absolute Gasteiger partial charge is 0.226 e. The summed E-state index contributed by atoms with van der Waals surface area (Å²) in [6, 6.07) is 5.74. The van der Waals surface area contributed by atoms with E-state index in [-0.39, 0.29) is 23.1 Å². The predicted octanol–water partition coefficient (Wildman–Crippen LogP) is 3.44. The lowest BCUT2D eigenvalue weighted by molar-refractivity contribution is -0.138. The van der Waals surface area contributed by atoms with Crippen molar-refractivity contribution in [1.82, 2.24) is 25.4 Å². The van der Waals surface area contributed by atoms with Gasteiger partial charge in [-0.2, -0.15) is 0 Å². The molecule has 0 aliphatic carbocycles. The van der Waals surface area contributed by atoms with E-state index in [2.05, 4.69) is 59.6 Å². The van der Waals surface area contributed by atoms with Crippen LogP contribution in [0.3, 0.4) is 0 Å². The summed E-state index contributed by atoms with van der Waals surface area (Å²) in [5.41, 5.74) is 3.53. The van der Waals surface area contributed by atoms with Gasteiger partial charge >= 0.3 is 0 Å². The minimum Gasteiger partial charge on any atom is -0.368 e. The number of hydrogen-bond donors (Lipinski definition) is 2. The van der Waals surface area contributed by atoms with Gasteiger partial charge in [-0.15, -0.1) is 10.2 Å². The Morgan fingerprint density at radius 1 is 1.35 bits per heavy atom. The molecule has 1 unspecified atom stereocenters. The lowest BCUT2D eigenvalue weighted by Crippen LogP contribution is -2.54. The largest absolute Gasteiger partial charge is 0.368 e. The van der Waals surface area contributed by atoms with Crippen LogP contribution < -0.4 is 10.6 Å². The van der Waals surface area contributed by atoms with Gasteiger partial charge in [0, 0.05) is 24.0 Å². The summed E-state index contributed by atoms with van der Waals surface area (Å²) in [6.45, 7) is 10.3. The summed E-state index contributed by atoms with van der Waals surface area (Å²) in [7, 11) is 0. The molecule has 2 aliphatic heterocycles. The van der Waals surface area contributed by atoms with Gasteiger partial charge in [0.25, 0.3) is 0 Å². The molecule has 4 heterocycles. The number of carbonyl (C=O) groups is 1. The molecule has 1 saturated heterocycles. The molecule has 2 aromatic rings. The Balaban J connectivity index is 1.42. The number of nitrogens with zero attached hydrogens (tertiary/aromatic N) is 4. The summed E-state index contributed by atoms with van der Waals surface area (Å²) >= 11 is 1.41. The number of morpholine rings is 1. The van der Waals surface area contributed by atoms with E-state index < -0.39 is 0 Å². The van der Waals surface area contributed by atoms with Crippen molar-refractivity contribution in [3.8, 4) is 0 Å². The summed E-state index contributed by atoms with van der Waals surface area (Å²) in [4.78, 5) is 19.7. The van der Waals surface area contributed by atoms with Crippen molar-refractivity contribution >= 4 is 28.2 Å². The van der Waals surface area contributed by atoms with Gasteiger partial charge < -0.3 is 20.3 Å². The van der Waals surface area contributed by atoms with Crippen molar-refractivity contribution < 1.29 is 9.53 Å². The topological polar surface area (TPSA) is 92.3 Å². The second kappa shape index (κ2) is 8.64. The van der Waals surface area contributed by atoms with Crippen LogP contribution >= 0.6 is 11.3 Å². The number of hydrogen-bond acceptors (Lipinski definition) is 8. The third-order valence-electron chi connectivity index (χ3n) is 5.39. The fraction of sp³-hybridized carbons (Fsp3) is 0.545. The zero-order valence-electron chi connectivity index (χ0n) is 18.5. The lowest BCUT2D eigenvalue weighted by Gasteiger charge is -2.41. The second-order valence-corrected chi connectivity index (χ2v) is 10.2. The van der Waals surface area contributed by atoms with E-state index in [4.69, 9.17) is 4.74 Å². The van der Waals surface area contributed by atoms with Crippen LogP contribution in [-0.4, -0.2) is 56.8 Å². The maximum absolute atomic E-state index is 13.1. The third-order valence-corrected chi connectivity index (χ3v) is 5.99. The molecule has 0 spiro atoms. The summed E-state index contributed by atoms with van der Waals surface area (Å²) < 4.78 is 5.96. The van der Waals surface area contributed by atoms with E-state index in [0.717, 1.165) is 12.1 Å². The van der Waals surface area contributed by atoms with Gasteiger partial charge in [-0.3, -0.25) is 4.79 Å². The molecule has 2 aliphatic rings. The van der Waals surface area contributed by atoms with E-state index in [0.29, 0.717) is 37.1 Å². The van der Waals surface area contributed by atoms with E-state index in [1.54, 1.807) is 5.51 Å². The maximum atomic E-state index is 13.1. The van der Waals surface area contributed by atoms with Crippen LogP contribution in [0.1, 0.15) is 52.3 Å². The predicted molar refractivity (Wildman–Crippen MR) is 121 cm³/mol. The van der Waals surface area contributed by atoms with Crippen LogP contribution in [0, 0.1) is 0 Å². The normalized spacial score (nSPS) is 22.6. The molecule has 2 N–H and O–H groups in total. The van der Waals surface area contributed by atoms with Crippen molar-refractivity contribution in [2.75, 3.05) is 25.0 Å². The van der Waals surface area contributed by atoms with E-state index in [1.165, 1.54) is 16.9 Å². The highest BCUT2D eigenvalue weighted by atomic mass is 32.1. The highest BCUT2D eigenvalue weighted by Gasteiger charge is 2.34. The minimum absolute atomic E-state index is 0.0221. The van der Waals surface area contributed by atoms with Crippen molar-refractivity contribution in [2.45, 2.75) is 57.7 Å². The summed E-state index contributed by atoms with van der Waals surface area (Å²) in [5.74, 6) is 0.835. The fourth-order valence-corrected chi connectivity index (χ4v) is 5.05. The molecule has 0 aromatic carbocycles. The minimum atomic E-state index is -0.247. The number of pyridine rings is 1. The van der Waals surface area contributed by atoms with Gasteiger partial charge in [0.15, 0.2) is 0 Å². The maximum Gasteiger partial charge on any atom is 0.226 e. The van der Waals surface area contributed by atoms with Gasteiger partial charge in [0.05, 0.1) is 18.8 Å². The average Bonchev–Trinajstić information content (AvgIpc) is 3.19. The molecule has 1 atom stereocenters. The van der Waals surface area contributed by atoms with Gasteiger partial charge in [0.1, 0.15) is 17.4 Å². The van der Waals surface area contributed by atoms with E-state index in [9.17, 15) is 4.79 Å². The zero-order valence-corrected chi connectivity index (χ0v) is 19.3. The SMILES string of the molecule is CC1(C)C=C(CC(=O)N2CCOC(c3cccc(Nc4nncs4)n3)C2)CC(C)(C)N1. The first-order valence-electron chi connectivity index (χ1n) is 10.6. The molecule has 9 heteroatoms. The Labute approximate surface area is 187 Å². The first-order chi connectivity index (χ1) is 14.7. The molecule has 1 amide bonds. The first-order valence-corrected chi connectivity index (χ1v) is 11.5. The molecular formula is C22H30N6O2S. The molecule has 2 aromatic heterocycles. The molecule has 8 nitrogen and oxygen atoms in total. The third kappa shape index (κ3) is 5.66. The fourth-order valence-electron chi connectivity index (χ4n) is 4.59. The monoisotopic (exact) mass is 442 g/mol. The molecule has 166 valence electrons. The zero-order chi connectivity index (χ0) is 22.1. The Kier molecular flexibility index (Phi) is 6.09. The van der Waals surface area contributed by atoms with Gasteiger partial charge in [-0.1, -0.05) is 29.1 Å². The van der Waals surface area contributed by atoms with Crippen LogP contribution in [0.2, 0.25) is 0 Å². The molecule has 0 bridgehead atoms. The molecule has 0 radical (unpaired) electrons. The Bertz CT molecular complexity index is 957. The Morgan fingerprint density at radius 3 is 2.94 bits per heavy atom. The molecule has 4 rings (SSSR count). The molecular weight excluding hydrogens is 412 g/mol. The standard InChI is InChI=1S/C22H30N6O2S/c1-21(2)11-15(12-22(3,4)27-21)10-19(29)28-8-9-30-17(13-28)16-6-5-7-18(24-16)25-20-26-23-14-31-20/h5-7,11,14,17,27H,8-10,12-13H2,1-4H3,(H,24,25,26). The van der Waals surface area contributed by atoms with Crippen LogP contribution in [0.4, 0.5) is 10.9 Å². The number of rotatable bonds is 5. The quantitative estimate of drug-likeness (QED) is 0.685. The van der Waals surface area contributed by atoms with Crippen LogP contribution in [0.5, 0.6) is 0 Å². The van der Waals surface area contributed by atoms with E-state index in [1.807, 2.05) is 23.1 Å². The van der Waals surface area contributed by atoms with Gasteiger partial charge in [0.2, 0.25) is 11.0 Å². The van der Waals surface area contributed by atoms with Gasteiger partial charge in [-0.05, 0) is 46.2 Å². The highest BCUT2D eigenvalue weighted by Crippen LogP contribution is 2.30. The first kappa shape index (κ1) is 21.9. The van der Waals surface area contributed by atoms with Crippen molar-refractivity contribution in [2.24, 2.45) is 0 Å². The lowest BCUT2D eigenvalue weighted by atomic mass is 9.82. The second-order valence-electron chi connectivity index (χ2n) is 9.40. The number of nitrogens with one attached hydrogen (secondary N) is 2. The molecule has 31 heavy (non-hydrogen) atoms. The number of ether oxygens (including phenoxy) is 1. The number of carbonyl (C=O) groups excluding carboxylic acids is 1. The number of aromatic nitrogens is 3. The molecule has 1 fully saturated rings. The molecule has 0 saturated carbocycles. The average molecular weight is 443 g/mol. The summed E-state index contributed by atoms with van der Waals surface area (Å²) in [6.07, 6.45) is 3.28. The van der Waals surface area contributed by atoms with E-state index >= 15 is 0 Å². The van der Waals surface area contributed by atoms with Crippen LogP contribution in [0.15, 0.2) is 35.4 Å². The van der Waals surface area contributed by atoms with Crippen molar-refractivity contribution in [3.05, 3.63) is 41.1 Å². The van der Waals surface area contributed by atoms with Crippen molar-refractivity contribution in [1.29, 1.82) is 0 Å². The highest BCUT2D eigenvalue weighted by molar-refractivity contribution is 7.13. The Hall–Kier alpha value is -2.36. The number of anilines is 2. The van der Waals surface area contributed by atoms with Crippen LogP contribution in [0.25, 0.3) is 0 Å². The Morgan fingerprint density at radius 2 is 2.19 bits per heavy atom.